The van der Waals surface area contributed by atoms with Crippen LogP contribution in [0, 0.1) is 6.92 Å². The van der Waals surface area contributed by atoms with Gasteiger partial charge in [-0.1, -0.05) is 24.6 Å². The van der Waals surface area contributed by atoms with E-state index < -0.39 is 0 Å². The van der Waals surface area contributed by atoms with Crippen molar-refractivity contribution in [3.63, 3.8) is 0 Å². The maximum Gasteiger partial charge on any atom is 0.324 e. The Hall–Kier alpha value is -1.55. The Morgan fingerprint density at radius 3 is 2.42 bits per heavy atom. The van der Waals surface area contributed by atoms with Crippen LogP contribution < -0.4 is 10.2 Å². The summed E-state index contributed by atoms with van der Waals surface area (Å²) in [5.74, 6) is -0.215. The third kappa shape index (κ3) is 4.56. The van der Waals surface area contributed by atoms with Crippen LogP contribution in [0.4, 0.5) is 5.69 Å². The van der Waals surface area contributed by atoms with Crippen LogP contribution in [0.15, 0.2) is 24.3 Å². The Morgan fingerprint density at radius 2 is 1.95 bits per heavy atom. The zero-order chi connectivity index (χ0) is 14.3. The number of hydrogen-bond acceptors (Lipinski definition) is 4. The number of ether oxygens (including phenoxy) is 1. The molecule has 0 aromatic heterocycles. The summed E-state index contributed by atoms with van der Waals surface area (Å²) in [6.45, 7) is 8.33. The van der Waals surface area contributed by atoms with Crippen LogP contribution in [0.3, 0.4) is 0 Å². The largest absolute Gasteiger partial charge is 0.468 e. The van der Waals surface area contributed by atoms with Gasteiger partial charge in [-0.15, -0.1) is 0 Å². The predicted molar refractivity (Wildman–Crippen MR) is 78.5 cm³/mol. The van der Waals surface area contributed by atoms with E-state index in [0.29, 0.717) is 6.54 Å². The number of carbonyl (C=O) groups is 1. The molecule has 1 rings (SSSR count). The molecule has 1 atom stereocenters. The van der Waals surface area contributed by atoms with Crippen LogP contribution in [0.1, 0.15) is 19.4 Å². The van der Waals surface area contributed by atoms with E-state index in [4.69, 9.17) is 4.74 Å². The minimum Gasteiger partial charge on any atom is -0.468 e. The Kier molecular flexibility index (Phi) is 6.36. The lowest BCUT2D eigenvalue weighted by Crippen LogP contribution is -2.46. The van der Waals surface area contributed by atoms with Gasteiger partial charge in [0, 0.05) is 18.8 Å². The highest BCUT2D eigenvalue weighted by Gasteiger charge is 2.20. The molecule has 0 spiro atoms. The van der Waals surface area contributed by atoms with Crippen molar-refractivity contribution in [3.05, 3.63) is 29.8 Å². The second-order valence-electron chi connectivity index (χ2n) is 4.51. The number of rotatable bonds is 7. The smallest absolute Gasteiger partial charge is 0.324 e. The van der Waals surface area contributed by atoms with E-state index in [9.17, 15) is 4.79 Å². The maximum absolute atomic E-state index is 11.7. The lowest BCUT2D eigenvalue weighted by atomic mass is 10.2. The molecule has 106 valence electrons. The van der Waals surface area contributed by atoms with Crippen LogP contribution in [0.25, 0.3) is 0 Å². The molecule has 19 heavy (non-hydrogen) atoms. The first-order valence-corrected chi connectivity index (χ1v) is 6.75. The first kappa shape index (κ1) is 15.5. The lowest BCUT2D eigenvalue weighted by Gasteiger charge is -2.27. The number of methoxy groups -OCH3 is 1. The SMILES string of the molecule is CCNC(CN(CC)c1ccc(C)cc1)C(=O)OC. The van der Waals surface area contributed by atoms with E-state index >= 15 is 0 Å². The summed E-state index contributed by atoms with van der Waals surface area (Å²) in [4.78, 5) is 13.9. The lowest BCUT2D eigenvalue weighted by molar-refractivity contribution is -0.142. The zero-order valence-electron chi connectivity index (χ0n) is 12.3. The van der Waals surface area contributed by atoms with Gasteiger partial charge in [-0.2, -0.15) is 0 Å². The standard InChI is InChI=1S/C15H24N2O2/c1-5-16-14(15(18)19-4)11-17(6-2)13-9-7-12(3)8-10-13/h7-10,14,16H,5-6,11H2,1-4H3. The second kappa shape index (κ2) is 7.79. The maximum atomic E-state index is 11.7. The summed E-state index contributed by atoms with van der Waals surface area (Å²) in [7, 11) is 1.43. The molecule has 0 radical (unpaired) electrons. The van der Waals surface area contributed by atoms with E-state index in [1.165, 1.54) is 12.7 Å². The molecule has 4 nitrogen and oxygen atoms in total. The second-order valence-corrected chi connectivity index (χ2v) is 4.51. The van der Waals surface area contributed by atoms with Crippen molar-refractivity contribution in [2.75, 3.05) is 31.6 Å². The van der Waals surface area contributed by atoms with Gasteiger partial charge in [0.05, 0.1) is 7.11 Å². The highest BCUT2D eigenvalue weighted by molar-refractivity contribution is 5.76. The Bertz CT molecular complexity index is 390. The van der Waals surface area contributed by atoms with Gasteiger partial charge >= 0.3 is 5.97 Å². The monoisotopic (exact) mass is 264 g/mol. The number of anilines is 1. The molecule has 0 aliphatic carbocycles. The first-order valence-electron chi connectivity index (χ1n) is 6.75. The zero-order valence-corrected chi connectivity index (χ0v) is 12.3. The fourth-order valence-corrected chi connectivity index (χ4v) is 2.00. The molecule has 0 fully saturated rings. The summed E-state index contributed by atoms with van der Waals surface area (Å²) < 4.78 is 4.84. The Morgan fingerprint density at radius 1 is 1.32 bits per heavy atom. The number of esters is 1. The molecule has 0 saturated carbocycles. The van der Waals surface area contributed by atoms with Gasteiger partial charge in [0.15, 0.2) is 0 Å². The van der Waals surface area contributed by atoms with Crippen LogP contribution in [0.5, 0.6) is 0 Å². The van der Waals surface area contributed by atoms with Gasteiger partial charge in [-0.05, 0) is 32.5 Å². The van der Waals surface area contributed by atoms with Crippen molar-refractivity contribution in [2.45, 2.75) is 26.8 Å². The highest BCUT2D eigenvalue weighted by Crippen LogP contribution is 2.15. The number of aryl methyl sites for hydroxylation is 1. The molecule has 1 aromatic carbocycles. The number of nitrogens with one attached hydrogen (secondary N) is 1. The minimum absolute atomic E-state index is 0.215. The van der Waals surface area contributed by atoms with Crippen molar-refractivity contribution in [3.8, 4) is 0 Å². The van der Waals surface area contributed by atoms with Crippen molar-refractivity contribution in [1.29, 1.82) is 0 Å². The molecule has 0 amide bonds. The van der Waals surface area contributed by atoms with Crippen LogP contribution in [-0.4, -0.2) is 38.8 Å². The van der Waals surface area contributed by atoms with E-state index in [1.807, 2.05) is 6.92 Å². The van der Waals surface area contributed by atoms with Crippen LogP contribution in [0.2, 0.25) is 0 Å². The topological polar surface area (TPSA) is 41.6 Å². The Labute approximate surface area is 115 Å². The highest BCUT2D eigenvalue weighted by atomic mass is 16.5. The summed E-state index contributed by atoms with van der Waals surface area (Å²) in [5, 5.41) is 3.16. The minimum atomic E-state index is -0.295. The number of likely N-dealkylation sites (N-methyl/N-ethyl adjacent to an activating group) is 2. The summed E-state index contributed by atoms with van der Waals surface area (Å²) in [6.07, 6.45) is 0. The Balaban J connectivity index is 2.78. The van der Waals surface area contributed by atoms with E-state index in [2.05, 4.69) is 48.3 Å². The third-order valence-electron chi connectivity index (χ3n) is 3.12. The van der Waals surface area contributed by atoms with Gasteiger partial charge in [0.25, 0.3) is 0 Å². The molecule has 0 saturated heterocycles. The van der Waals surface area contributed by atoms with Gasteiger partial charge < -0.3 is 15.0 Å². The van der Waals surface area contributed by atoms with Gasteiger partial charge in [-0.3, -0.25) is 4.79 Å². The number of hydrogen-bond donors (Lipinski definition) is 1. The summed E-state index contributed by atoms with van der Waals surface area (Å²) in [5.41, 5.74) is 2.36. The van der Waals surface area contributed by atoms with Crippen molar-refractivity contribution >= 4 is 11.7 Å². The number of carbonyl (C=O) groups excluding carboxylic acids is 1. The molecular weight excluding hydrogens is 240 g/mol. The number of nitrogens with zero attached hydrogens (tertiary/aromatic N) is 1. The van der Waals surface area contributed by atoms with E-state index in [0.717, 1.165) is 18.8 Å². The molecule has 1 aromatic rings. The molecule has 1 unspecified atom stereocenters. The third-order valence-corrected chi connectivity index (χ3v) is 3.12. The van der Waals surface area contributed by atoms with Gasteiger partial charge in [-0.25, -0.2) is 0 Å². The normalized spacial score (nSPS) is 12.0. The van der Waals surface area contributed by atoms with Crippen molar-refractivity contribution < 1.29 is 9.53 Å². The molecule has 0 aliphatic heterocycles. The average molecular weight is 264 g/mol. The van der Waals surface area contributed by atoms with Crippen LogP contribution >= 0.6 is 0 Å². The molecular formula is C15H24N2O2. The quantitative estimate of drug-likeness (QED) is 0.765. The first-order chi connectivity index (χ1) is 9.12. The average Bonchev–Trinajstić information content (AvgIpc) is 2.43. The van der Waals surface area contributed by atoms with E-state index in [-0.39, 0.29) is 12.0 Å². The van der Waals surface area contributed by atoms with Crippen LogP contribution in [-0.2, 0) is 9.53 Å². The summed E-state index contributed by atoms with van der Waals surface area (Å²) >= 11 is 0. The summed E-state index contributed by atoms with van der Waals surface area (Å²) in [6, 6.07) is 8.03. The van der Waals surface area contributed by atoms with E-state index in [1.54, 1.807) is 0 Å². The predicted octanol–water partition coefficient (Wildman–Crippen LogP) is 1.97. The molecule has 0 heterocycles. The molecule has 4 heteroatoms. The van der Waals surface area contributed by atoms with Gasteiger partial charge in [0.1, 0.15) is 6.04 Å². The van der Waals surface area contributed by atoms with Crippen molar-refractivity contribution in [1.82, 2.24) is 5.32 Å². The van der Waals surface area contributed by atoms with Crippen molar-refractivity contribution in [2.24, 2.45) is 0 Å². The number of benzene rings is 1. The van der Waals surface area contributed by atoms with Gasteiger partial charge in [0.2, 0.25) is 0 Å². The fraction of sp³-hybridized carbons (Fsp3) is 0.533. The molecule has 0 aliphatic rings. The molecule has 0 bridgehead atoms. The molecule has 1 N–H and O–H groups in total. The fourth-order valence-electron chi connectivity index (χ4n) is 2.00.